The summed E-state index contributed by atoms with van der Waals surface area (Å²) in [5.74, 6) is 0.641. The van der Waals surface area contributed by atoms with Crippen molar-refractivity contribution in [1.82, 2.24) is 0 Å². The fourth-order valence-electron chi connectivity index (χ4n) is 1.78. The molecule has 0 aliphatic heterocycles. The van der Waals surface area contributed by atoms with Crippen LogP contribution in [0.5, 0.6) is 5.75 Å². The fourth-order valence-corrected chi connectivity index (χ4v) is 2.36. The molecular formula is C15H12BrClN2O. The molecule has 0 heterocycles. The highest BCUT2D eigenvalue weighted by Gasteiger charge is 2.06. The number of ether oxygens (including phenoxy) is 1. The lowest BCUT2D eigenvalue weighted by molar-refractivity contribution is 0.416. The van der Waals surface area contributed by atoms with Crippen LogP contribution in [0.25, 0.3) is 0 Å². The molecule has 0 radical (unpaired) electrons. The largest absolute Gasteiger partial charge is 0.495 e. The topological polar surface area (TPSA) is 45.0 Å². The molecular weight excluding hydrogens is 340 g/mol. The van der Waals surface area contributed by atoms with Crippen LogP contribution in [-0.4, -0.2) is 7.11 Å². The van der Waals surface area contributed by atoms with Crippen molar-refractivity contribution in [2.24, 2.45) is 0 Å². The molecule has 102 valence electrons. The molecule has 0 saturated heterocycles. The van der Waals surface area contributed by atoms with Crippen molar-refractivity contribution in [3.05, 3.63) is 57.0 Å². The molecule has 0 aliphatic rings. The molecule has 2 aromatic rings. The molecule has 1 N–H and O–H groups in total. The van der Waals surface area contributed by atoms with E-state index in [0.717, 1.165) is 15.7 Å². The molecule has 20 heavy (non-hydrogen) atoms. The Morgan fingerprint density at radius 1 is 1.30 bits per heavy atom. The van der Waals surface area contributed by atoms with Gasteiger partial charge in [-0.2, -0.15) is 5.26 Å². The van der Waals surface area contributed by atoms with E-state index in [2.05, 4.69) is 27.3 Å². The molecule has 5 heteroatoms. The molecule has 0 fully saturated rings. The highest BCUT2D eigenvalue weighted by atomic mass is 79.9. The van der Waals surface area contributed by atoms with Crippen LogP contribution in [0.2, 0.25) is 5.02 Å². The van der Waals surface area contributed by atoms with Gasteiger partial charge >= 0.3 is 0 Å². The van der Waals surface area contributed by atoms with E-state index in [1.807, 2.05) is 24.3 Å². The minimum absolute atomic E-state index is 0.566. The number of halogens is 2. The first kappa shape index (κ1) is 14.7. The Morgan fingerprint density at radius 2 is 2.10 bits per heavy atom. The minimum atomic E-state index is 0.566. The Hall–Kier alpha value is -1.70. The first-order valence-corrected chi connectivity index (χ1v) is 7.07. The number of hydrogen-bond acceptors (Lipinski definition) is 3. The zero-order valence-electron chi connectivity index (χ0n) is 10.8. The average Bonchev–Trinajstić information content (AvgIpc) is 2.48. The number of benzene rings is 2. The van der Waals surface area contributed by atoms with Crippen molar-refractivity contribution in [2.45, 2.75) is 6.54 Å². The quantitative estimate of drug-likeness (QED) is 0.876. The lowest BCUT2D eigenvalue weighted by atomic mass is 10.2. The van der Waals surface area contributed by atoms with Gasteiger partial charge in [0.1, 0.15) is 5.75 Å². The molecule has 3 nitrogen and oxygen atoms in total. The third-order valence-corrected chi connectivity index (χ3v) is 3.82. The predicted octanol–water partition coefficient (Wildman–Crippen LogP) is 4.59. The van der Waals surface area contributed by atoms with Crippen molar-refractivity contribution >= 4 is 33.2 Å². The van der Waals surface area contributed by atoms with E-state index in [9.17, 15) is 0 Å². The Kier molecular flexibility index (Phi) is 4.89. The van der Waals surface area contributed by atoms with Gasteiger partial charge in [0.05, 0.1) is 24.4 Å². The van der Waals surface area contributed by atoms with E-state index < -0.39 is 0 Å². The van der Waals surface area contributed by atoms with Crippen LogP contribution in [0.4, 0.5) is 5.69 Å². The van der Waals surface area contributed by atoms with Crippen LogP contribution in [0.3, 0.4) is 0 Å². The summed E-state index contributed by atoms with van der Waals surface area (Å²) < 4.78 is 6.27. The lowest BCUT2D eigenvalue weighted by Crippen LogP contribution is -2.02. The number of methoxy groups -OCH3 is 1. The third kappa shape index (κ3) is 3.44. The van der Waals surface area contributed by atoms with Crippen molar-refractivity contribution in [3.8, 4) is 11.8 Å². The van der Waals surface area contributed by atoms with Gasteiger partial charge < -0.3 is 10.1 Å². The minimum Gasteiger partial charge on any atom is -0.495 e. The fraction of sp³-hybridized carbons (Fsp3) is 0.133. The van der Waals surface area contributed by atoms with Crippen LogP contribution >= 0.6 is 27.5 Å². The maximum atomic E-state index is 8.88. The van der Waals surface area contributed by atoms with Gasteiger partial charge in [-0.1, -0.05) is 27.5 Å². The van der Waals surface area contributed by atoms with Crippen molar-refractivity contribution in [2.75, 3.05) is 12.4 Å². The number of nitrogens with one attached hydrogen (secondary N) is 1. The summed E-state index contributed by atoms with van der Waals surface area (Å²) >= 11 is 9.48. The van der Waals surface area contributed by atoms with Crippen molar-refractivity contribution in [1.29, 1.82) is 5.26 Å². The molecule has 0 aliphatic carbocycles. The van der Waals surface area contributed by atoms with Crippen LogP contribution in [0, 0.1) is 11.3 Å². The van der Waals surface area contributed by atoms with E-state index in [-0.39, 0.29) is 0 Å². The smallest absolute Gasteiger partial charge is 0.143 e. The second-order valence-corrected chi connectivity index (χ2v) is 5.41. The van der Waals surface area contributed by atoms with Crippen LogP contribution in [0.15, 0.2) is 40.9 Å². The van der Waals surface area contributed by atoms with E-state index in [0.29, 0.717) is 22.9 Å². The van der Waals surface area contributed by atoms with Gasteiger partial charge in [-0.15, -0.1) is 0 Å². The molecule has 0 aromatic heterocycles. The van der Waals surface area contributed by atoms with Crippen molar-refractivity contribution in [3.63, 3.8) is 0 Å². The summed E-state index contributed by atoms with van der Waals surface area (Å²) in [7, 11) is 1.58. The van der Waals surface area contributed by atoms with Crippen LogP contribution in [-0.2, 0) is 6.54 Å². The van der Waals surface area contributed by atoms with Gasteiger partial charge in [-0.05, 0) is 35.9 Å². The van der Waals surface area contributed by atoms with Gasteiger partial charge in [-0.3, -0.25) is 0 Å². The van der Waals surface area contributed by atoms with Gasteiger partial charge in [0.25, 0.3) is 0 Å². The summed E-state index contributed by atoms with van der Waals surface area (Å²) in [6.07, 6.45) is 0. The number of nitrogens with zero attached hydrogens (tertiary/aromatic N) is 1. The summed E-state index contributed by atoms with van der Waals surface area (Å²) in [5.41, 5.74) is 2.44. The molecule has 0 amide bonds. The summed E-state index contributed by atoms with van der Waals surface area (Å²) in [6.45, 7) is 0.601. The third-order valence-electron chi connectivity index (χ3n) is 2.81. The Labute approximate surface area is 131 Å². The monoisotopic (exact) mass is 350 g/mol. The van der Waals surface area contributed by atoms with Gasteiger partial charge in [-0.25, -0.2) is 0 Å². The number of anilines is 1. The molecule has 2 aromatic carbocycles. The average molecular weight is 352 g/mol. The van der Waals surface area contributed by atoms with E-state index in [4.69, 9.17) is 21.6 Å². The molecule has 0 spiro atoms. The molecule has 0 bridgehead atoms. The standard InChI is InChI=1S/C15H12BrClN2O/c1-20-15-6-10(8-18)2-5-14(15)19-9-11-7-12(17)3-4-13(11)16/h2-7,19H,9H2,1H3. The van der Waals surface area contributed by atoms with Crippen molar-refractivity contribution < 1.29 is 4.74 Å². The second kappa shape index (κ2) is 6.65. The molecule has 2 rings (SSSR count). The zero-order valence-corrected chi connectivity index (χ0v) is 13.1. The zero-order chi connectivity index (χ0) is 14.5. The van der Waals surface area contributed by atoms with Gasteiger partial charge in [0.2, 0.25) is 0 Å². The molecule has 0 unspecified atom stereocenters. The second-order valence-electron chi connectivity index (χ2n) is 4.12. The Bertz CT molecular complexity index is 667. The predicted molar refractivity (Wildman–Crippen MR) is 84.2 cm³/mol. The summed E-state index contributed by atoms with van der Waals surface area (Å²) in [6, 6.07) is 13.0. The molecule has 0 saturated carbocycles. The van der Waals surface area contributed by atoms with Gasteiger partial charge in [0.15, 0.2) is 0 Å². The SMILES string of the molecule is COc1cc(C#N)ccc1NCc1cc(Cl)ccc1Br. The maximum absolute atomic E-state index is 8.88. The summed E-state index contributed by atoms with van der Waals surface area (Å²) in [4.78, 5) is 0. The maximum Gasteiger partial charge on any atom is 0.143 e. The first-order valence-electron chi connectivity index (χ1n) is 5.90. The van der Waals surface area contributed by atoms with E-state index in [1.54, 1.807) is 19.2 Å². The van der Waals surface area contributed by atoms with E-state index >= 15 is 0 Å². The highest BCUT2D eigenvalue weighted by molar-refractivity contribution is 9.10. The Morgan fingerprint density at radius 3 is 2.80 bits per heavy atom. The van der Waals surface area contributed by atoms with Crippen LogP contribution in [0.1, 0.15) is 11.1 Å². The number of hydrogen-bond donors (Lipinski definition) is 1. The highest BCUT2D eigenvalue weighted by Crippen LogP contribution is 2.27. The lowest BCUT2D eigenvalue weighted by Gasteiger charge is -2.12. The number of rotatable bonds is 4. The van der Waals surface area contributed by atoms with Gasteiger partial charge in [0, 0.05) is 22.1 Å². The first-order chi connectivity index (χ1) is 9.63. The van der Waals surface area contributed by atoms with E-state index in [1.165, 1.54) is 0 Å². The van der Waals surface area contributed by atoms with Crippen LogP contribution < -0.4 is 10.1 Å². The number of nitriles is 1. The summed E-state index contributed by atoms with van der Waals surface area (Å²) in [5, 5.41) is 12.8. The molecule has 0 atom stereocenters. The Balaban J connectivity index is 2.19. The normalized spacial score (nSPS) is 9.90.